The number of nitrogens with one attached hydrogen (secondary N) is 1. The third-order valence-corrected chi connectivity index (χ3v) is 3.04. The summed E-state index contributed by atoms with van der Waals surface area (Å²) in [5.41, 5.74) is 1.35. The largest absolute Gasteiger partial charge is 0.382 e. The average molecular weight is 283 g/mol. The summed E-state index contributed by atoms with van der Waals surface area (Å²) in [4.78, 5) is 4.41. The van der Waals surface area contributed by atoms with Crippen LogP contribution in [0.1, 0.15) is 38.7 Å². The van der Waals surface area contributed by atoms with Crippen LogP contribution in [-0.2, 0) is 22.6 Å². The molecule has 0 unspecified atom stereocenters. The van der Waals surface area contributed by atoms with Crippen molar-refractivity contribution in [2.45, 2.75) is 52.7 Å². The number of hydrogen-bond acceptors (Lipinski definition) is 4. The predicted octanol–water partition coefficient (Wildman–Crippen LogP) is 2.13. The van der Waals surface area contributed by atoms with Crippen LogP contribution in [0.5, 0.6) is 0 Å². The molecule has 0 saturated carbocycles. The monoisotopic (exact) mass is 283 g/mol. The summed E-state index contributed by atoms with van der Waals surface area (Å²) in [6.45, 7) is 12.4. The van der Waals surface area contributed by atoms with E-state index >= 15 is 0 Å². The standard InChI is InChI=1S/C15H29N3O2/c1-13-16-11-14(12-17-15(2,3)4)18(13)7-6-8-20-10-9-19-5/h11,17H,6-10,12H2,1-5H3. The summed E-state index contributed by atoms with van der Waals surface area (Å²) >= 11 is 0. The highest BCUT2D eigenvalue weighted by Gasteiger charge is 2.12. The second-order valence-electron chi connectivity index (χ2n) is 6.01. The van der Waals surface area contributed by atoms with Gasteiger partial charge in [-0.25, -0.2) is 4.98 Å². The number of imidazole rings is 1. The highest BCUT2D eigenvalue weighted by molar-refractivity contribution is 5.04. The fraction of sp³-hybridized carbons (Fsp3) is 0.800. The summed E-state index contributed by atoms with van der Waals surface area (Å²) in [6, 6.07) is 0. The normalized spacial score (nSPS) is 12.1. The van der Waals surface area contributed by atoms with Gasteiger partial charge in [0.05, 0.1) is 18.9 Å². The molecule has 5 nitrogen and oxygen atoms in total. The summed E-state index contributed by atoms with van der Waals surface area (Å²) in [5, 5.41) is 3.50. The predicted molar refractivity (Wildman–Crippen MR) is 80.9 cm³/mol. The minimum atomic E-state index is 0.117. The van der Waals surface area contributed by atoms with E-state index in [-0.39, 0.29) is 5.54 Å². The molecule has 0 aliphatic carbocycles. The summed E-state index contributed by atoms with van der Waals surface area (Å²) in [7, 11) is 1.69. The Morgan fingerprint density at radius 3 is 2.65 bits per heavy atom. The topological polar surface area (TPSA) is 48.3 Å². The van der Waals surface area contributed by atoms with Crippen molar-refractivity contribution in [3.63, 3.8) is 0 Å². The molecule has 0 spiro atoms. The van der Waals surface area contributed by atoms with E-state index in [4.69, 9.17) is 9.47 Å². The first-order valence-electron chi connectivity index (χ1n) is 7.27. The molecule has 1 aromatic rings. The number of nitrogens with zero attached hydrogens (tertiary/aromatic N) is 2. The van der Waals surface area contributed by atoms with Gasteiger partial charge < -0.3 is 19.4 Å². The second-order valence-corrected chi connectivity index (χ2v) is 6.01. The number of aryl methyl sites for hydroxylation is 1. The molecule has 0 atom stereocenters. The molecule has 0 saturated heterocycles. The van der Waals surface area contributed by atoms with Crippen molar-refractivity contribution in [2.24, 2.45) is 0 Å². The van der Waals surface area contributed by atoms with Crippen LogP contribution in [0, 0.1) is 6.92 Å². The van der Waals surface area contributed by atoms with Gasteiger partial charge in [-0.1, -0.05) is 0 Å². The quantitative estimate of drug-likeness (QED) is 0.705. The van der Waals surface area contributed by atoms with Crippen LogP contribution < -0.4 is 5.32 Å². The maximum absolute atomic E-state index is 5.49. The highest BCUT2D eigenvalue weighted by Crippen LogP contribution is 2.08. The van der Waals surface area contributed by atoms with E-state index < -0.39 is 0 Å². The van der Waals surface area contributed by atoms with Crippen molar-refractivity contribution < 1.29 is 9.47 Å². The molecule has 0 aliphatic heterocycles. The lowest BCUT2D eigenvalue weighted by molar-refractivity contribution is 0.0679. The molecule has 1 heterocycles. The van der Waals surface area contributed by atoms with Crippen LogP contribution in [0.25, 0.3) is 0 Å². The maximum Gasteiger partial charge on any atom is 0.105 e. The zero-order valence-electron chi connectivity index (χ0n) is 13.5. The van der Waals surface area contributed by atoms with Crippen LogP contribution in [0.3, 0.4) is 0 Å². The molecule has 20 heavy (non-hydrogen) atoms. The zero-order valence-corrected chi connectivity index (χ0v) is 13.5. The van der Waals surface area contributed by atoms with Crippen LogP contribution >= 0.6 is 0 Å². The highest BCUT2D eigenvalue weighted by atomic mass is 16.5. The Morgan fingerprint density at radius 1 is 1.25 bits per heavy atom. The summed E-state index contributed by atoms with van der Waals surface area (Å²) in [5.74, 6) is 1.06. The average Bonchev–Trinajstić information content (AvgIpc) is 2.71. The molecule has 116 valence electrons. The van der Waals surface area contributed by atoms with Crippen molar-refractivity contribution in [1.29, 1.82) is 0 Å². The number of aromatic nitrogens is 2. The van der Waals surface area contributed by atoms with Gasteiger partial charge in [-0.2, -0.15) is 0 Å². The molecule has 1 rings (SSSR count). The van der Waals surface area contributed by atoms with E-state index in [0.29, 0.717) is 13.2 Å². The first-order chi connectivity index (χ1) is 9.44. The van der Waals surface area contributed by atoms with E-state index in [2.05, 4.69) is 35.6 Å². The maximum atomic E-state index is 5.49. The molecule has 1 N–H and O–H groups in total. The molecular weight excluding hydrogens is 254 g/mol. The minimum Gasteiger partial charge on any atom is -0.382 e. The Bertz CT molecular complexity index is 383. The van der Waals surface area contributed by atoms with Gasteiger partial charge in [0.1, 0.15) is 5.82 Å². The molecule has 0 bridgehead atoms. The van der Waals surface area contributed by atoms with E-state index in [9.17, 15) is 0 Å². The van der Waals surface area contributed by atoms with Crippen molar-refractivity contribution in [3.05, 3.63) is 17.7 Å². The summed E-state index contributed by atoms with van der Waals surface area (Å²) in [6.07, 6.45) is 2.95. The fourth-order valence-electron chi connectivity index (χ4n) is 1.89. The van der Waals surface area contributed by atoms with E-state index in [0.717, 1.165) is 31.9 Å². The molecule has 0 fully saturated rings. The Hall–Kier alpha value is -0.910. The zero-order chi connectivity index (χ0) is 15.0. The Kier molecular flexibility index (Phi) is 7.19. The van der Waals surface area contributed by atoms with Gasteiger partial charge in [0.25, 0.3) is 0 Å². The minimum absolute atomic E-state index is 0.117. The number of ether oxygens (including phenoxy) is 2. The van der Waals surface area contributed by atoms with Crippen LogP contribution in [0.4, 0.5) is 0 Å². The lowest BCUT2D eigenvalue weighted by atomic mass is 10.1. The van der Waals surface area contributed by atoms with E-state index in [1.807, 2.05) is 13.1 Å². The molecule has 0 radical (unpaired) electrons. The van der Waals surface area contributed by atoms with Crippen LogP contribution in [-0.4, -0.2) is 42.0 Å². The first-order valence-corrected chi connectivity index (χ1v) is 7.27. The molecular formula is C15H29N3O2. The van der Waals surface area contributed by atoms with Gasteiger partial charge in [-0.05, 0) is 34.1 Å². The molecule has 0 amide bonds. The van der Waals surface area contributed by atoms with Crippen molar-refractivity contribution in [2.75, 3.05) is 26.9 Å². The Morgan fingerprint density at radius 2 is 2.00 bits per heavy atom. The first kappa shape index (κ1) is 17.1. The Balaban J connectivity index is 2.38. The van der Waals surface area contributed by atoms with Gasteiger partial charge in [0.2, 0.25) is 0 Å². The fourth-order valence-corrected chi connectivity index (χ4v) is 1.89. The third-order valence-electron chi connectivity index (χ3n) is 3.04. The smallest absolute Gasteiger partial charge is 0.105 e. The third kappa shape index (κ3) is 6.50. The molecule has 0 aromatic carbocycles. The SMILES string of the molecule is COCCOCCCn1c(CNC(C)(C)C)cnc1C. The van der Waals surface area contributed by atoms with Gasteiger partial charge >= 0.3 is 0 Å². The number of hydrogen-bond donors (Lipinski definition) is 1. The van der Waals surface area contributed by atoms with Crippen molar-refractivity contribution >= 4 is 0 Å². The molecule has 1 aromatic heterocycles. The van der Waals surface area contributed by atoms with E-state index in [1.165, 1.54) is 5.69 Å². The summed E-state index contributed by atoms with van der Waals surface area (Å²) < 4.78 is 12.7. The lowest BCUT2D eigenvalue weighted by Crippen LogP contribution is -2.35. The van der Waals surface area contributed by atoms with Crippen LogP contribution in [0.2, 0.25) is 0 Å². The number of methoxy groups -OCH3 is 1. The van der Waals surface area contributed by atoms with Crippen LogP contribution in [0.15, 0.2) is 6.20 Å². The molecule has 0 aliphatic rings. The second kappa shape index (κ2) is 8.39. The lowest BCUT2D eigenvalue weighted by Gasteiger charge is -2.21. The molecule has 5 heteroatoms. The number of rotatable bonds is 9. The van der Waals surface area contributed by atoms with Gasteiger partial charge in [-0.3, -0.25) is 0 Å². The van der Waals surface area contributed by atoms with Gasteiger partial charge in [0.15, 0.2) is 0 Å². The van der Waals surface area contributed by atoms with Gasteiger partial charge in [-0.15, -0.1) is 0 Å². The van der Waals surface area contributed by atoms with E-state index in [1.54, 1.807) is 7.11 Å². The van der Waals surface area contributed by atoms with Crippen molar-refractivity contribution in [3.8, 4) is 0 Å². The van der Waals surface area contributed by atoms with Crippen molar-refractivity contribution in [1.82, 2.24) is 14.9 Å². The Labute approximate surface area is 122 Å². The van der Waals surface area contributed by atoms with Gasteiger partial charge in [0, 0.05) is 38.5 Å².